The second-order valence-corrected chi connectivity index (χ2v) is 13.9. The summed E-state index contributed by atoms with van der Waals surface area (Å²) in [6.07, 6.45) is -32.5. The van der Waals surface area contributed by atoms with Crippen molar-refractivity contribution in [3.8, 4) is 11.5 Å². The Kier molecular flexibility index (Phi) is 14.0. The highest BCUT2D eigenvalue weighted by atomic mass is 16.8. The molecule has 0 aliphatic carbocycles. The van der Waals surface area contributed by atoms with Crippen LogP contribution in [0.2, 0.25) is 0 Å². The van der Waals surface area contributed by atoms with Crippen molar-refractivity contribution in [2.45, 2.75) is 123 Å². The lowest BCUT2D eigenvalue weighted by atomic mass is 9.97. The van der Waals surface area contributed by atoms with E-state index in [-0.39, 0.29) is 11.5 Å². The van der Waals surface area contributed by atoms with Gasteiger partial charge in [0.25, 0.3) is 0 Å². The van der Waals surface area contributed by atoms with Gasteiger partial charge in [-0.3, -0.25) is 0 Å². The minimum atomic E-state index is -1.82. The van der Waals surface area contributed by atoms with Gasteiger partial charge in [0, 0.05) is 0 Å². The highest BCUT2D eigenvalue weighted by Gasteiger charge is 2.53. The molecule has 14 N–H and O–H groups in total. The fraction of sp³-hybridized carbons (Fsp3) is 0.706. The van der Waals surface area contributed by atoms with E-state index in [9.17, 15) is 71.5 Å². The SMILES string of the molecule is OC[C@H]1O[C@@H](O[C@H]2[C@H](O)[C@@H](O)[C@H](Oc3ccc4cc(O[C@@H]5O[C@H](CO)[C@@H](O[C@@H]6O[C@H](CO)[C@@H](O)[C@H](O)[C@H]6O)[C@H](O)[C@H]5O)ccc4c3)O[C@@H]2CO)[C@H](O)[C@@H](O)[C@@H]1O. The molecule has 0 amide bonds. The van der Waals surface area contributed by atoms with Crippen LogP contribution in [0.1, 0.15) is 0 Å². The largest absolute Gasteiger partial charge is 0.462 e. The van der Waals surface area contributed by atoms with E-state index in [1.807, 2.05) is 0 Å². The number of benzene rings is 2. The van der Waals surface area contributed by atoms with Crippen LogP contribution in [0.5, 0.6) is 11.5 Å². The highest BCUT2D eigenvalue weighted by molar-refractivity contribution is 5.85. The van der Waals surface area contributed by atoms with Gasteiger partial charge in [0.05, 0.1) is 26.4 Å². The van der Waals surface area contributed by atoms with Crippen molar-refractivity contribution in [3.05, 3.63) is 36.4 Å². The Labute approximate surface area is 317 Å². The van der Waals surface area contributed by atoms with Crippen LogP contribution in [0.4, 0.5) is 0 Å². The number of fused-ring (bicyclic) bond motifs is 1. The summed E-state index contributed by atoms with van der Waals surface area (Å²) in [6, 6.07) is 9.24. The standard InChI is InChI=1S/C34H48O22/c35-7-15-19(39)21(41)25(45)33(51-15)55-29-17(9-37)53-31(27(47)23(29)43)49-13-3-1-11-5-14(4-2-12(11)6-13)50-32-28(48)24(44)30(18(10-38)54-32)56-34-26(46)22(42)20(40)16(8-36)52-34/h1-6,15-48H,7-10H2/t15-,16-,17-,18-,19-,20-,21+,22+,23-,24-,25-,26-,27-,28-,29-,30-,31-,32-,33+,34+/m1/s1. The van der Waals surface area contributed by atoms with E-state index < -0.39 is 149 Å². The maximum absolute atomic E-state index is 10.9. The average molecular weight is 809 g/mol. The van der Waals surface area contributed by atoms with Crippen LogP contribution in [0, 0.1) is 0 Å². The summed E-state index contributed by atoms with van der Waals surface area (Å²) in [6.45, 7) is -2.99. The van der Waals surface area contributed by atoms with E-state index in [0.717, 1.165) is 0 Å². The Balaban J connectivity index is 1.08. The van der Waals surface area contributed by atoms with Crippen LogP contribution in [-0.2, 0) is 28.4 Å². The van der Waals surface area contributed by atoms with Gasteiger partial charge < -0.3 is 109 Å². The van der Waals surface area contributed by atoms with Crippen LogP contribution in [0.3, 0.4) is 0 Å². The van der Waals surface area contributed by atoms with Crippen molar-refractivity contribution in [1.29, 1.82) is 0 Å². The number of aliphatic hydroxyl groups excluding tert-OH is 14. The lowest BCUT2D eigenvalue weighted by Gasteiger charge is -2.45. The molecule has 4 heterocycles. The summed E-state index contributed by atoms with van der Waals surface area (Å²) >= 11 is 0. The van der Waals surface area contributed by atoms with Crippen LogP contribution in [0.25, 0.3) is 10.8 Å². The molecule has 0 radical (unpaired) electrons. The van der Waals surface area contributed by atoms with Gasteiger partial charge in [-0.2, -0.15) is 0 Å². The van der Waals surface area contributed by atoms with Gasteiger partial charge in [0.15, 0.2) is 12.6 Å². The zero-order valence-electron chi connectivity index (χ0n) is 29.4. The van der Waals surface area contributed by atoms with Gasteiger partial charge in [0.1, 0.15) is 109 Å². The van der Waals surface area contributed by atoms with Crippen LogP contribution in [-0.4, -0.2) is 221 Å². The molecule has 6 rings (SSSR count). The molecule has 0 bridgehead atoms. The third-order valence-corrected chi connectivity index (χ3v) is 10.2. The molecule has 2 aromatic carbocycles. The van der Waals surface area contributed by atoms with Gasteiger partial charge >= 0.3 is 0 Å². The molecule has 4 aliphatic rings. The molecular formula is C34H48O22. The summed E-state index contributed by atoms with van der Waals surface area (Å²) in [5.74, 6) is 0.301. The molecular weight excluding hydrogens is 760 g/mol. The summed E-state index contributed by atoms with van der Waals surface area (Å²) in [5.41, 5.74) is 0. The first-order valence-corrected chi connectivity index (χ1v) is 17.7. The fourth-order valence-corrected chi connectivity index (χ4v) is 6.92. The van der Waals surface area contributed by atoms with Gasteiger partial charge in [-0.15, -0.1) is 0 Å². The Morgan fingerprint density at radius 3 is 1.04 bits per heavy atom. The van der Waals surface area contributed by atoms with Crippen molar-refractivity contribution in [2.75, 3.05) is 26.4 Å². The van der Waals surface area contributed by atoms with E-state index in [2.05, 4.69) is 0 Å². The van der Waals surface area contributed by atoms with Crippen molar-refractivity contribution in [2.24, 2.45) is 0 Å². The van der Waals surface area contributed by atoms with Gasteiger partial charge in [-0.25, -0.2) is 0 Å². The predicted octanol–water partition coefficient (Wildman–Crippen LogP) is -7.15. The molecule has 4 saturated heterocycles. The molecule has 4 fully saturated rings. The highest BCUT2D eigenvalue weighted by Crippen LogP contribution is 2.34. The first kappa shape index (κ1) is 43.1. The molecule has 0 aromatic heterocycles. The van der Waals surface area contributed by atoms with E-state index in [1.165, 1.54) is 12.1 Å². The second-order valence-electron chi connectivity index (χ2n) is 13.9. The summed E-state index contributed by atoms with van der Waals surface area (Å²) in [7, 11) is 0. The normalized spacial score (nSPS) is 44.8. The Hall–Kier alpha value is -2.50. The zero-order chi connectivity index (χ0) is 40.6. The quantitative estimate of drug-likeness (QED) is 0.0947. The molecule has 0 spiro atoms. The fourth-order valence-electron chi connectivity index (χ4n) is 6.92. The lowest BCUT2D eigenvalue weighted by molar-refractivity contribution is -0.352. The summed E-state index contributed by atoms with van der Waals surface area (Å²) in [4.78, 5) is 0. The van der Waals surface area contributed by atoms with E-state index in [1.54, 1.807) is 24.3 Å². The van der Waals surface area contributed by atoms with Crippen LogP contribution < -0.4 is 9.47 Å². The van der Waals surface area contributed by atoms with E-state index >= 15 is 0 Å². The zero-order valence-corrected chi connectivity index (χ0v) is 29.4. The smallest absolute Gasteiger partial charge is 0.229 e. The Morgan fingerprint density at radius 1 is 0.375 bits per heavy atom. The minimum Gasteiger partial charge on any atom is -0.462 e. The number of hydrogen-bond donors (Lipinski definition) is 14. The van der Waals surface area contributed by atoms with Gasteiger partial charge in [-0.1, -0.05) is 12.1 Å². The van der Waals surface area contributed by atoms with Crippen molar-refractivity contribution in [3.63, 3.8) is 0 Å². The van der Waals surface area contributed by atoms with Gasteiger partial charge in [0.2, 0.25) is 12.6 Å². The lowest BCUT2D eigenvalue weighted by Crippen LogP contribution is -2.65. The molecule has 56 heavy (non-hydrogen) atoms. The second kappa shape index (κ2) is 18.2. The molecule has 2 aromatic rings. The monoisotopic (exact) mass is 808 g/mol. The number of aliphatic hydroxyl groups is 14. The number of rotatable bonds is 12. The topological polar surface area (TPSA) is 357 Å². The summed E-state index contributed by atoms with van der Waals surface area (Å²) in [5, 5.41) is 145. The molecule has 4 aliphatic heterocycles. The summed E-state index contributed by atoms with van der Waals surface area (Å²) < 4.78 is 44.7. The molecule has 0 saturated carbocycles. The Bertz CT molecular complexity index is 1450. The molecule has 20 atom stereocenters. The maximum atomic E-state index is 10.9. The minimum absolute atomic E-state index is 0.151. The molecule has 316 valence electrons. The van der Waals surface area contributed by atoms with Crippen molar-refractivity contribution < 1.29 is 109 Å². The third-order valence-electron chi connectivity index (χ3n) is 10.2. The van der Waals surface area contributed by atoms with E-state index in [4.69, 9.17) is 37.9 Å². The molecule has 0 unspecified atom stereocenters. The number of hydrogen-bond acceptors (Lipinski definition) is 22. The third kappa shape index (κ3) is 8.61. The Morgan fingerprint density at radius 2 is 0.696 bits per heavy atom. The average Bonchev–Trinajstić information content (AvgIpc) is 3.20. The predicted molar refractivity (Wildman–Crippen MR) is 178 cm³/mol. The van der Waals surface area contributed by atoms with Crippen molar-refractivity contribution in [1.82, 2.24) is 0 Å². The molecule has 22 heteroatoms. The first-order valence-electron chi connectivity index (χ1n) is 17.7. The number of ether oxygens (including phenoxy) is 8. The van der Waals surface area contributed by atoms with Crippen LogP contribution >= 0.6 is 0 Å². The van der Waals surface area contributed by atoms with Crippen LogP contribution in [0.15, 0.2) is 36.4 Å². The van der Waals surface area contributed by atoms with Crippen molar-refractivity contribution >= 4 is 10.8 Å². The maximum Gasteiger partial charge on any atom is 0.229 e. The molecule has 22 nitrogen and oxygen atoms in total. The van der Waals surface area contributed by atoms with Gasteiger partial charge in [-0.05, 0) is 35.0 Å². The first-order chi connectivity index (χ1) is 26.7. The van der Waals surface area contributed by atoms with E-state index in [0.29, 0.717) is 10.8 Å².